The summed E-state index contributed by atoms with van der Waals surface area (Å²) in [5.41, 5.74) is 0. The molecule has 0 atom stereocenters. The van der Waals surface area contributed by atoms with E-state index in [2.05, 4.69) is 29.6 Å². The SMILES string of the molecule is [CH3][Sn]([CH3])([CH3])[c]1sc(-c2s[c]([Sn]([CH3])([CH3])[CH3])c3c2OCCO3)c2c1OCCO2. The van der Waals surface area contributed by atoms with E-state index < -0.39 is 36.8 Å². The normalized spacial score (nSPS) is 16.7. The second-order valence-electron chi connectivity index (χ2n) is 8.73. The van der Waals surface area contributed by atoms with Crippen molar-refractivity contribution in [3.05, 3.63) is 0 Å². The zero-order valence-electron chi connectivity index (χ0n) is 16.3. The average Bonchev–Trinajstić information content (AvgIpc) is 3.12. The van der Waals surface area contributed by atoms with Crippen LogP contribution in [0.3, 0.4) is 0 Å². The zero-order chi connectivity index (χ0) is 18.7. The molecule has 0 N–H and O–H groups in total. The topological polar surface area (TPSA) is 36.9 Å². The molecule has 2 aromatic heterocycles. The monoisotopic (exact) mass is 610 g/mol. The van der Waals surface area contributed by atoms with Gasteiger partial charge in [0, 0.05) is 0 Å². The van der Waals surface area contributed by atoms with Gasteiger partial charge in [0.1, 0.15) is 0 Å². The number of fused-ring (bicyclic) bond motifs is 2. The van der Waals surface area contributed by atoms with Gasteiger partial charge in [-0.15, -0.1) is 0 Å². The van der Waals surface area contributed by atoms with Crippen LogP contribution >= 0.6 is 22.7 Å². The van der Waals surface area contributed by atoms with Crippen molar-refractivity contribution in [2.75, 3.05) is 26.4 Å². The van der Waals surface area contributed by atoms with Crippen LogP contribution in [0.15, 0.2) is 0 Å². The molecule has 8 heteroatoms. The summed E-state index contributed by atoms with van der Waals surface area (Å²) < 4.78 is 27.3. The molecule has 0 saturated heterocycles. The van der Waals surface area contributed by atoms with Crippen molar-refractivity contribution in [3.63, 3.8) is 0 Å². The van der Waals surface area contributed by atoms with Gasteiger partial charge in [-0.2, -0.15) is 0 Å². The van der Waals surface area contributed by atoms with Crippen molar-refractivity contribution in [3.8, 4) is 32.8 Å². The fraction of sp³-hybridized carbons (Fsp3) is 0.556. The minimum atomic E-state index is -2.32. The third-order valence-corrected chi connectivity index (χ3v) is 25.5. The molecule has 2 aromatic rings. The Hall–Kier alpha value is 0.197. The summed E-state index contributed by atoms with van der Waals surface area (Å²) >= 11 is -0.890. The molecule has 0 aromatic carbocycles. The van der Waals surface area contributed by atoms with Crippen LogP contribution in [0.4, 0.5) is 0 Å². The van der Waals surface area contributed by atoms with Crippen molar-refractivity contribution in [1.29, 1.82) is 0 Å². The van der Waals surface area contributed by atoms with Gasteiger partial charge in [-0.1, -0.05) is 0 Å². The maximum absolute atomic E-state index is 6.12. The molecule has 0 aliphatic carbocycles. The summed E-state index contributed by atoms with van der Waals surface area (Å²) in [6.45, 7) is 2.52. The second kappa shape index (κ2) is 6.91. The quantitative estimate of drug-likeness (QED) is 0.493. The number of ether oxygens (including phenoxy) is 4. The van der Waals surface area contributed by atoms with E-state index in [-0.39, 0.29) is 0 Å². The van der Waals surface area contributed by atoms with Gasteiger partial charge in [0.15, 0.2) is 0 Å². The Balaban J connectivity index is 1.94. The summed E-state index contributed by atoms with van der Waals surface area (Å²) in [6, 6.07) is 0. The van der Waals surface area contributed by atoms with Crippen LogP contribution in [-0.4, -0.2) is 63.2 Å². The molecular formula is C18H26O4S2Sn2. The van der Waals surface area contributed by atoms with Gasteiger partial charge in [-0.3, -0.25) is 0 Å². The van der Waals surface area contributed by atoms with Gasteiger partial charge in [0.2, 0.25) is 0 Å². The summed E-state index contributed by atoms with van der Waals surface area (Å²) in [6.07, 6.45) is 0. The standard InChI is InChI=1S/C12H8O4S2.6CH3.2Sn/c1-3-15-9-7(13-1)5-17-11(9)12-10-8(6-18-12)14-2-4-16-10;;;;;;;;/h1-4H2;6*1H3;;. The number of thiophene rings is 2. The molecule has 0 spiro atoms. The summed E-state index contributed by atoms with van der Waals surface area (Å²) in [4.78, 5) is 17.0. The molecule has 0 radical (unpaired) electrons. The predicted molar refractivity (Wildman–Crippen MR) is 116 cm³/mol. The van der Waals surface area contributed by atoms with Crippen molar-refractivity contribution >= 4 is 65.2 Å². The first-order valence-corrected chi connectivity index (χ1v) is 30.6. The van der Waals surface area contributed by atoms with E-state index in [4.69, 9.17) is 18.9 Å². The van der Waals surface area contributed by atoms with Crippen LogP contribution in [0.25, 0.3) is 9.75 Å². The zero-order valence-corrected chi connectivity index (χ0v) is 23.6. The van der Waals surface area contributed by atoms with Gasteiger partial charge < -0.3 is 0 Å². The molecule has 0 amide bonds. The van der Waals surface area contributed by atoms with E-state index >= 15 is 0 Å². The molecule has 4 heterocycles. The van der Waals surface area contributed by atoms with Crippen LogP contribution in [-0.2, 0) is 0 Å². The Labute approximate surface area is 171 Å². The van der Waals surface area contributed by atoms with Crippen molar-refractivity contribution in [2.45, 2.75) is 29.6 Å². The Morgan fingerprint density at radius 1 is 0.538 bits per heavy atom. The molecule has 4 rings (SSSR count). The average molecular weight is 608 g/mol. The van der Waals surface area contributed by atoms with E-state index in [1.165, 1.54) is 15.5 Å². The van der Waals surface area contributed by atoms with E-state index in [1.807, 2.05) is 22.7 Å². The first-order chi connectivity index (χ1) is 12.2. The molecule has 26 heavy (non-hydrogen) atoms. The van der Waals surface area contributed by atoms with Crippen molar-refractivity contribution in [1.82, 2.24) is 0 Å². The third kappa shape index (κ3) is 3.37. The van der Waals surface area contributed by atoms with Crippen LogP contribution in [0.2, 0.25) is 29.6 Å². The molecule has 0 bridgehead atoms. The molecule has 2 aliphatic rings. The Kier molecular flexibility index (Phi) is 5.19. The van der Waals surface area contributed by atoms with E-state index in [9.17, 15) is 0 Å². The molecule has 0 saturated carbocycles. The molecule has 4 nitrogen and oxygen atoms in total. The third-order valence-electron chi connectivity index (χ3n) is 4.37. The number of hydrogen-bond acceptors (Lipinski definition) is 6. The van der Waals surface area contributed by atoms with Crippen LogP contribution in [0.1, 0.15) is 0 Å². The van der Waals surface area contributed by atoms with E-state index in [0.717, 1.165) is 23.0 Å². The van der Waals surface area contributed by atoms with Gasteiger partial charge in [-0.25, -0.2) is 0 Å². The summed E-state index contributed by atoms with van der Waals surface area (Å²) in [7, 11) is 0. The van der Waals surface area contributed by atoms with Crippen LogP contribution in [0, 0.1) is 0 Å². The van der Waals surface area contributed by atoms with E-state index in [1.54, 1.807) is 0 Å². The van der Waals surface area contributed by atoms with Gasteiger partial charge >= 0.3 is 173 Å². The van der Waals surface area contributed by atoms with Gasteiger partial charge in [0.25, 0.3) is 0 Å². The Morgan fingerprint density at radius 3 is 1.15 bits per heavy atom. The van der Waals surface area contributed by atoms with E-state index in [0.29, 0.717) is 26.4 Å². The molecule has 2 aliphatic heterocycles. The molecule has 142 valence electrons. The first-order valence-electron chi connectivity index (χ1n) is 9.04. The van der Waals surface area contributed by atoms with Gasteiger partial charge in [-0.05, 0) is 0 Å². The van der Waals surface area contributed by atoms with Crippen molar-refractivity contribution < 1.29 is 18.9 Å². The number of hydrogen-bond donors (Lipinski definition) is 0. The summed E-state index contributed by atoms with van der Waals surface area (Å²) in [5.74, 6) is 3.91. The predicted octanol–water partition coefficient (Wildman–Crippen LogP) is 4.11. The van der Waals surface area contributed by atoms with Crippen LogP contribution in [0.5, 0.6) is 23.0 Å². The second-order valence-corrected chi connectivity index (χ2v) is 41.4. The molecular weight excluding hydrogens is 582 g/mol. The van der Waals surface area contributed by atoms with Gasteiger partial charge in [0.05, 0.1) is 0 Å². The minimum absolute atomic E-state index is 0.617. The molecule has 0 fully saturated rings. The molecule has 0 unspecified atom stereocenters. The maximum atomic E-state index is 6.12. The van der Waals surface area contributed by atoms with Crippen LogP contribution < -0.4 is 24.7 Å². The van der Waals surface area contributed by atoms with Crippen molar-refractivity contribution in [2.24, 2.45) is 0 Å². The summed E-state index contributed by atoms with van der Waals surface area (Å²) in [5, 5.41) is 0. The fourth-order valence-electron chi connectivity index (χ4n) is 3.19. The fourth-order valence-corrected chi connectivity index (χ4v) is 17.7. The first kappa shape index (κ1) is 19.5. The Bertz CT molecular complexity index is 773. The Morgan fingerprint density at radius 2 is 0.846 bits per heavy atom. The number of rotatable bonds is 3.